The zero-order chi connectivity index (χ0) is 17.3. The summed E-state index contributed by atoms with van der Waals surface area (Å²) in [6.07, 6.45) is 0.498. The van der Waals surface area contributed by atoms with Crippen LogP contribution in [0, 0.1) is 24.6 Å². The Morgan fingerprint density at radius 3 is 2.42 bits per heavy atom. The molecule has 2 amide bonds. The molecule has 0 radical (unpaired) electrons. The monoisotopic (exact) mass is 346 g/mol. The van der Waals surface area contributed by atoms with Gasteiger partial charge in [-0.2, -0.15) is 0 Å². The van der Waals surface area contributed by atoms with E-state index in [1.165, 1.54) is 18.2 Å². The number of rotatable bonds is 4. The second kappa shape index (κ2) is 6.61. The predicted octanol–water partition coefficient (Wildman–Crippen LogP) is 4.00. The van der Waals surface area contributed by atoms with E-state index < -0.39 is 5.82 Å². The highest BCUT2D eigenvalue weighted by atomic mass is 35.5. The summed E-state index contributed by atoms with van der Waals surface area (Å²) >= 11 is 5.69. The number of hydrogen-bond acceptors (Lipinski definition) is 2. The zero-order valence-electron chi connectivity index (χ0n) is 13.0. The lowest BCUT2D eigenvalue weighted by Crippen LogP contribution is -2.20. The largest absolute Gasteiger partial charge is 0.326 e. The van der Waals surface area contributed by atoms with Gasteiger partial charge in [-0.25, -0.2) is 4.39 Å². The van der Waals surface area contributed by atoms with Gasteiger partial charge in [0.2, 0.25) is 11.8 Å². The van der Waals surface area contributed by atoms with Crippen molar-refractivity contribution in [3.8, 4) is 0 Å². The lowest BCUT2D eigenvalue weighted by Gasteiger charge is -2.08. The van der Waals surface area contributed by atoms with Crippen LogP contribution in [-0.2, 0) is 9.59 Å². The molecular formula is C18H16ClFN2O2. The Morgan fingerprint density at radius 1 is 1.08 bits per heavy atom. The van der Waals surface area contributed by atoms with Crippen LogP contribution >= 0.6 is 11.6 Å². The molecule has 124 valence electrons. The predicted molar refractivity (Wildman–Crippen MR) is 91.4 cm³/mol. The SMILES string of the molecule is Cc1ccccc1NC(=O)C1CC1C(=O)Nc1ccc(F)c(Cl)c1. The summed E-state index contributed by atoms with van der Waals surface area (Å²) in [7, 11) is 0. The van der Waals surface area contributed by atoms with Crippen LogP contribution in [-0.4, -0.2) is 11.8 Å². The standard InChI is InChI=1S/C18H16ClFN2O2/c1-10-4-2-3-5-16(10)22-18(24)13-9-12(13)17(23)21-11-6-7-15(20)14(19)8-11/h2-8,12-13H,9H2,1H3,(H,21,23)(H,22,24). The molecule has 2 N–H and O–H groups in total. The molecule has 0 spiro atoms. The average Bonchev–Trinajstić information content (AvgIpc) is 3.34. The molecular weight excluding hydrogens is 331 g/mol. The number of nitrogens with one attached hydrogen (secondary N) is 2. The van der Waals surface area contributed by atoms with Gasteiger partial charge in [-0.1, -0.05) is 29.8 Å². The zero-order valence-corrected chi connectivity index (χ0v) is 13.7. The molecule has 0 bridgehead atoms. The van der Waals surface area contributed by atoms with E-state index in [9.17, 15) is 14.0 Å². The lowest BCUT2D eigenvalue weighted by molar-refractivity contribution is -0.122. The molecule has 1 saturated carbocycles. The van der Waals surface area contributed by atoms with E-state index >= 15 is 0 Å². The van der Waals surface area contributed by atoms with Gasteiger partial charge < -0.3 is 10.6 Å². The Hall–Kier alpha value is -2.40. The van der Waals surface area contributed by atoms with Crippen LogP contribution in [0.2, 0.25) is 5.02 Å². The summed E-state index contributed by atoms with van der Waals surface area (Å²) in [5.41, 5.74) is 2.13. The van der Waals surface area contributed by atoms with Crippen molar-refractivity contribution in [1.82, 2.24) is 0 Å². The highest BCUT2D eigenvalue weighted by Crippen LogP contribution is 2.40. The van der Waals surface area contributed by atoms with Crippen molar-refractivity contribution < 1.29 is 14.0 Å². The normalized spacial score (nSPS) is 18.8. The Labute approximate surface area is 144 Å². The van der Waals surface area contributed by atoms with E-state index in [1.54, 1.807) is 0 Å². The third kappa shape index (κ3) is 3.57. The van der Waals surface area contributed by atoms with Crippen molar-refractivity contribution >= 4 is 34.8 Å². The summed E-state index contributed by atoms with van der Waals surface area (Å²) in [6, 6.07) is 11.4. The number of anilines is 2. The maximum atomic E-state index is 13.1. The van der Waals surface area contributed by atoms with E-state index in [-0.39, 0.29) is 28.7 Å². The van der Waals surface area contributed by atoms with Gasteiger partial charge in [0.25, 0.3) is 0 Å². The summed E-state index contributed by atoms with van der Waals surface area (Å²) in [6.45, 7) is 1.91. The second-order valence-corrected chi connectivity index (χ2v) is 6.28. The van der Waals surface area contributed by atoms with E-state index in [4.69, 9.17) is 11.6 Å². The van der Waals surface area contributed by atoms with Crippen LogP contribution < -0.4 is 10.6 Å². The quantitative estimate of drug-likeness (QED) is 0.879. The van der Waals surface area contributed by atoms with Crippen LogP contribution in [0.4, 0.5) is 15.8 Å². The Kier molecular flexibility index (Phi) is 4.53. The molecule has 4 nitrogen and oxygen atoms in total. The van der Waals surface area contributed by atoms with Crippen molar-refractivity contribution in [2.45, 2.75) is 13.3 Å². The third-order valence-electron chi connectivity index (χ3n) is 4.05. The first-order chi connectivity index (χ1) is 11.5. The smallest absolute Gasteiger partial charge is 0.228 e. The van der Waals surface area contributed by atoms with Gasteiger partial charge >= 0.3 is 0 Å². The summed E-state index contributed by atoms with van der Waals surface area (Å²) in [5.74, 6) is -1.70. The van der Waals surface area contributed by atoms with Crippen LogP contribution in [0.5, 0.6) is 0 Å². The lowest BCUT2D eigenvalue weighted by atomic mass is 10.2. The molecule has 0 saturated heterocycles. The first-order valence-corrected chi connectivity index (χ1v) is 7.96. The second-order valence-electron chi connectivity index (χ2n) is 5.87. The van der Waals surface area contributed by atoms with Gasteiger partial charge in [0, 0.05) is 11.4 Å². The molecule has 3 rings (SSSR count). The van der Waals surface area contributed by atoms with Gasteiger partial charge in [-0.05, 0) is 43.2 Å². The first-order valence-electron chi connectivity index (χ1n) is 7.58. The number of para-hydroxylation sites is 1. The fourth-order valence-electron chi connectivity index (χ4n) is 2.52. The van der Waals surface area contributed by atoms with Crippen LogP contribution in [0.1, 0.15) is 12.0 Å². The minimum absolute atomic E-state index is 0.0579. The van der Waals surface area contributed by atoms with E-state index in [2.05, 4.69) is 10.6 Å². The van der Waals surface area contributed by atoms with Gasteiger partial charge in [0.1, 0.15) is 5.82 Å². The van der Waals surface area contributed by atoms with E-state index in [0.29, 0.717) is 12.1 Å². The average molecular weight is 347 g/mol. The van der Waals surface area contributed by atoms with Crippen molar-refractivity contribution in [2.24, 2.45) is 11.8 Å². The minimum Gasteiger partial charge on any atom is -0.326 e. The number of carbonyl (C=O) groups excluding carboxylic acids is 2. The molecule has 2 atom stereocenters. The molecule has 0 aromatic heterocycles. The van der Waals surface area contributed by atoms with Crippen molar-refractivity contribution in [2.75, 3.05) is 10.6 Å². The molecule has 0 aliphatic heterocycles. The molecule has 24 heavy (non-hydrogen) atoms. The maximum absolute atomic E-state index is 13.1. The van der Waals surface area contributed by atoms with E-state index in [0.717, 1.165) is 11.3 Å². The molecule has 0 heterocycles. The number of amides is 2. The van der Waals surface area contributed by atoms with Crippen molar-refractivity contribution in [3.05, 3.63) is 58.9 Å². The molecule has 1 fully saturated rings. The molecule has 6 heteroatoms. The van der Waals surface area contributed by atoms with E-state index in [1.807, 2.05) is 31.2 Å². The van der Waals surface area contributed by atoms with Crippen LogP contribution in [0.3, 0.4) is 0 Å². The van der Waals surface area contributed by atoms with Crippen molar-refractivity contribution in [1.29, 1.82) is 0 Å². The third-order valence-corrected chi connectivity index (χ3v) is 4.34. The van der Waals surface area contributed by atoms with Crippen LogP contribution in [0.25, 0.3) is 0 Å². The Balaban J connectivity index is 1.58. The topological polar surface area (TPSA) is 58.2 Å². The molecule has 2 unspecified atom stereocenters. The van der Waals surface area contributed by atoms with Crippen molar-refractivity contribution in [3.63, 3.8) is 0 Å². The Morgan fingerprint density at radius 2 is 1.75 bits per heavy atom. The molecule has 2 aromatic rings. The summed E-state index contributed by atoms with van der Waals surface area (Å²) in [4.78, 5) is 24.4. The highest BCUT2D eigenvalue weighted by molar-refractivity contribution is 6.31. The minimum atomic E-state index is -0.545. The highest BCUT2D eigenvalue weighted by Gasteiger charge is 2.48. The maximum Gasteiger partial charge on any atom is 0.228 e. The Bertz CT molecular complexity index is 809. The molecule has 1 aliphatic carbocycles. The number of benzene rings is 2. The van der Waals surface area contributed by atoms with Gasteiger partial charge in [-0.3, -0.25) is 9.59 Å². The van der Waals surface area contributed by atoms with Crippen LogP contribution in [0.15, 0.2) is 42.5 Å². The number of carbonyl (C=O) groups is 2. The van der Waals surface area contributed by atoms with Gasteiger partial charge in [0.15, 0.2) is 0 Å². The number of aryl methyl sites for hydroxylation is 1. The van der Waals surface area contributed by atoms with Gasteiger partial charge in [-0.15, -0.1) is 0 Å². The summed E-state index contributed by atoms with van der Waals surface area (Å²) in [5, 5.41) is 5.45. The molecule has 2 aromatic carbocycles. The molecule has 1 aliphatic rings. The first kappa shape index (κ1) is 16.5. The number of hydrogen-bond donors (Lipinski definition) is 2. The number of halogens is 2. The summed E-state index contributed by atoms with van der Waals surface area (Å²) < 4.78 is 13.1. The van der Waals surface area contributed by atoms with Gasteiger partial charge in [0.05, 0.1) is 16.9 Å². The fourth-order valence-corrected chi connectivity index (χ4v) is 2.70. The fraction of sp³-hybridized carbons (Fsp3) is 0.222.